The van der Waals surface area contributed by atoms with Gasteiger partial charge in [0.15, 0.2) is 0 Å². The minimum absolute atomic E-state index is 0.208. The van der Waals surface area contributed by atoms with E-state index in [1.807, 2.05) is 12.4 Å². The van der Waals surface area contributed by atoms with Gasteiger partial charge < -0.3 is 10.6 Å². The van der Waals surface area contributed by atoms with E-state index in [9.17, 15) is 4.79 Å². The fourth-order valence-electron chi connectivity index (χ4n) is 3.97. The lowest BCUT2D eigenvalue weighted by molar-refractivity contribution is -0.119. The van der Waals surface area contributed by atoms with Gasteiger partial charge in [0, 0.05) is 60.7 Å². The third-order valence-electron chi connectivity index (χ3n) is 5.71. The number of pyridine rings is 1. The summed E-state index contributed by atoms with van der Waals surface area (Å²) in [6.07, 6.45) is 6.39. The summed E-state index contributed by atoms with van der Waals surface area (Å²) in [5.41, 5.74) is 9.14. The zero-order valence-electron chi connectivity index (χ0n) is 16.6. The molecule has 3 rings (SSSR count). The molecule has 0 spiro atoms. The summed E-state index contributed by atoms with van der Waals surface area (Å²) in [5.74, 6) is -0.224. The Kier molecular flexibility index (Phi) is 7.08. The van der Waals surface area contributed by atoms with Crippen LogP contribution in [-0.2, 0) is 11.3 Å². The molecule has 1 aromatic heterocycles. The lowest BCUT2D eigenvalue weighted by Gasteiger charge is -2.41. The summed E-state index contributed by atoms with van der Waals surface area (Å²) in [6.45, 7) is 7.06. The van der Waals surface area contributed by atoms with E-state index in [1.54, 1.807) is 0 Å². The van der Waals surface area contributed by atoms with E-state index in [0.717, 1.165) is 36.9 Å². The number of aromatic nitrogens is 1. The first-order valence-corrected chi connectivity index (χ1v) is 10.7. The Morgan fingerprint density at radius 1 is 1.29 bits per heavy atom. The monoisotopic (exact) mass is 444 g/mol. The summed E-state index contributed by atoms with van der Waals surface area (Å²) >= 11 is 3.54. The predicted molar refractivity (Wildman–Crippen MR) is 117 cm³/mol. The van der Waals surface area contributed by atoms with Crippen molar-refractivity contribution in [3.63, 3.8) is 0 Å². The minimum Gasteiger partial charge on any atom is -0.370 e. The molecule has 2 heterocycles. The Morgan fingerprint density at radius 3 is 2.57 bits per heavy atom. The second kappa shape index (κ2) is 9.52. The molecule has 150 valence electrons. The maximum absolute atomic E-state index is 11.3. The van der Waals surface area contributed by atoms with Gasteiger partial charge in [0.1, 0.15) is 0 Å². The maximum atomic E-state index is 11.3. The van der Waals surface area contributed by atoms with Crippen LogP contribution in [0.25, 0.3) is 0 Å². The highest BCUT2D eigenvalue weighted by Crippen LogP contribution is 2.28. The van der Waals surface area contributed by atoms with Crippen molar-refractivity contribution in [1.29, 1.82) is 0 Å². The SMILES string of the molecule is Cc1ccncc1CN(c1ccc(Br)cc1)C1CCN(C(C)CC(N)=O)CC1. The number of carbonyl (C=O) groups excluding carboxylic acids is 1. The van der Waals surface area contributed by atoms with Crippen molar-refractivity contribution in [2.75, 3.05) is 18.0 Å². The number of hydrogen-bond acceptors (Lipinski definition) is 4. The number of carbonyl (C=O) groups is 1. The highest BCUT2D eigenvalue weighted by atomic mass is 79.9. The lowest BCUT2D eigenvalue weighted by atomic mass is 9.99. The first-order chi connectivity index (χ1) is 13.4. The van der Waals surface area contributed by atoms with Gasteiger partial charge in [0.05, 0.1) is 0 Å². The summed E-state index contributed by atoms with van der Waals surface area (Å²) in [6, 6.07) is 11.3. The van der Waals surface area contributed by atoms with Gasteiger partial charge in [0.2, 0.25) is 5.91 Å². The fourth-order valence-corrected chi connectivity index (χ4v) is 4.23. The van der Waals surface area contributed by atoms with Crippen LogP contribution in [0, 0.1) is 6.92 Å². The molecule has 1 aliphatic heterocycles. The van der Waals surface area contributed by atoms with Gasteiger partial charge in [-0.3, -0.25) is 14.7 Å². The third-order valence-corrected chi connectivity index (χ3v) is 6.23. The second-order valence-electron chi connectivity index (χ2n) is 7.69. The molecular formula is C22H29BrN4O. The van der Waals surface area contributed by atoms with E-state index < -0.39 is 0 Å². The van der Waals surface area contributed by atoms with Crippen molar-refractivity contribution < 1.29 is 4.79 Å². The zero-order chi connectivity index (χ0) is 20.1. The van der Waals surface area contributed by atoms with Crippen molar-refractivity contribution in [3.05, 3.63) is 58.3 Å². The zero-order valence-corrected chi connectivity index (χ0v) is 18.2. The molecule has 0 aliphatic carbocycles. The first-order valence-electron chi connectivity index (χ1n) is 9.88. The van der Waals surface area contributed by atoms with E-state index in [1.165, 1.54) is 16.8 Å². The summed E-state index contributed by atoms with van der Waals surface area (Å²) in [4.78, 5) is 20.5. The number of amides is 1. The van der Waals surface area contributed by atoms with Crippen molar-refractivity contribution in [2.45, 2.75) is 51.7 Å². The van der Waals surface area contributed by atoms with Gasteiger partial charge in [-0.15, -0.1) is 0 Å². The van der Waals surface area contributed by atoms with Gasteiger partial charge in [0.25, 0.3) is 0 Å². The van der Waals surface area contributed by atoms with Crippen LogP contribution in [0.1, 0.15) is 37.3 Å². The van der Waals surface area contributed by atoms with Gasteiger partial charge in [-0.1, -0.05) is 15.9 Å². The number of hydrogen-bond donors (Lipinski definition) is 1. The van der Waals surface area contributed by atoms with Crippen molar-refractivity contribution in [2.24, 2.45) is 5.73 Å². The smallest absolute Gasteiger partial charge is 0.218 e. The van der Waals surface area contributed by atoms with Crippen LogP contribution in [0.2, 0.25) is 0 Å². The van der Waals surface area contributed by atoms with Crippen LogP contribution in [0.15, 0.2) is 47.2 Å². The highest BCUT2D eigenvalue weighted by Gasteiger charge is 2.28. The molecule has 28 heavy (non-hydrogen) atoms. The summed E-state index contributed by atoms with van der Waals surface area (Å²) < 4.78 is 1.09. The van der Waals surface area contributed by atoms with E-state index in [4.69, 9.17) is 5.73 Å². The second-order valence-corrected chi connectivity index (χ2v) is 8.61. The molecule has 6 heteroatoms. The van der Waals surface area contributed by atoms with E-state index in [0.29, 0.717) is 12.5 Å². The highest BCUT2D eigenvalue weighted by molar-refractivity contribution is 9.10. The number of likely N-dealkylation sites (tertiary alicyclic amines) is 1. The van der Waals surface area contributed by atoms with E-state index >= 15 is 0 Å². The summed E-state index contributed by atoms with van der Waals surface area (Å²) in [7, 11) is 0. The predicted octanol–water partition coefficient (Wildman–Crippen LogP) is 3.89. The molecule has 1 amide bonds. The Balaban J connectivity index is 1.75. The van der Waals surface area contributed by atoms with Crippen LogP contribution >= 0.6 is 15.9 Å². The normalized spacial score (nSPS) is 16.7. The molecule has 2 N–H and O–H groups in total. The molecule has 0 saturated carbocycles. The molecule has 0 radical (unpaired) electrons. The fraction of sp³-hybridized carbons (Fsp3) is 0.455. The van der Waals surface area contributed by atoms with Gasteiger partial charge >= 0.3 is 0 Å². The van der Waals surface area contributed by atoms with Crippen molar-refractivity contribution >= 4 is 27.5 Å². The molecule has 2 aromatic rings. The maximum Gasteiger partial charge on any atom is 0.218 e. The number of nitrogens with two attached hydrogens (primary N) is 1. The molecule has 1 atom stereocenters. The van der Waals surface area contributed by atoms with Crippen molar-refractivity contribution in [3.8, 4) is 0 Å². The van der Waals surface area contributed by atoms with Crippen LogP contribution in [-0.4, -0.2) is 41.0 Å². The van der Waals surface area contributed by atoms with Crippen molar-refractivity contribution in [1.82, 2.24) is 9.88 Å². The number of primary amides is 1. The number of halogens is 1. The molecular weight excluding hydrogens is 416 g/mol. The van der Waals surface area contributed by atoms with Crippen LogP contribution in [0.5, 0.6) is 0 Å². The molecule has 1 aromatic carbocycles. The van der Waals surface area contributed by atoms with E-state index in [-0.39, 0.29) is 11.9 Å². The molecule has 1 unspecified atom stereocenters. The van der Waals surface area contributed by atoms with Gasteiger partial charge in [-0.05, 0) is 68.1 Å². The Labute approximate surface area is 176 Å². The molecule has 5 nitrogen and oxygen atoms in total. The third kappa shape index (κ3) is 5.32. The van der Waals surface area contributed by atoms with Gasteiger partial charge in [-0.2, -0.15) is 0 Å². The quantitative estimate of drug-likeness (QED) is 0.703. The topological polar surface area (TPSA) is 62.5 Å². The van der Waals surface area contributed by atoms with E-state index in [2.05, 4.69) is 74.9 Å². The average molecular weight is 445 g/mol. The largest absolute Gasteiger partial charge is 0.370 e. The van der Waals surface area contributed by atoms with Gasteiger partial charge in [-0.25, -0.2) is 0 Å². The standard InChI is InChI=1S/C22H29BrN4O/c1-16-7-10-25-14-18(16)15-27(20-5-3-19(23)4-6-20)21-8-11-26(12-9-21)17(2)13-22(24)28/h3-7,10,14,17,21H,8-9,11-13,15H2,1-2H3,(H2,24,28). The number of nitrogens with zero attached hydrogens (tertiary/aromatic N) is 3. The Hall–Kier alpha value is -1.92. The molecule has 1 aliphatic rings. The Bertz CT molecular complexity index is 787. The average Bonchev–Trinajstić information content (AvgIpc) is 2.68. The molecule has 1 saturated heterocycles. The first kappa shape index (κ1) is 20.8. The molecule has 1 fully saturated rings. The minimum atomic E-state index is -0.224. The summed E-state index contributed by atoms with van der Waals surface area (Å²) in [5, 5.41) is 0. The lowest BCUT2D eigenvalue weighted by Crippen LogP contribution is -2.48. The molecule has 0 bridgehead atoms. The number of rotatable bonds is 7. The van der Waals surface area contributed by atoms with Crippen LogP contribution < -0.4 is 10.6 Å². The number of anilines is 1. The number of aryl methyl sites for hydroxylation is 1. The van der Waals surface area contributed by atoms with Crippen LogP contribution in [0.4, 0.5) is 5.69 Å². The number of benzene rings is 1. The number of piperidine rings is 1. The Morgan fingerprint density at radius 2 is 1.96 bits per heavy atom. The van der Waals surface area contributed by atoms with Crippen LogP contribution in [0.3, 0.4) is 0 Å².